The zero-order valence-corrected chi connectivity index (χ0v) is 13.5. The minimum absolute atomic E-state index is 0.145. The third kappa shape index (κ3) is 3.03. The fraction of sp³-hybridized carbons (Fsp3) is 0.647. The van der Waals surface area contributed by atoms with E-state index in [1.54, 1.807) is 0 Å². The van der Waals surface area contributed by atoms with Crippen LogP contribution in [0.25, 0.3) is 0 Å². The van der Waals surface area contributed by atoms with Crippen molar-refractivity contribution in [3.8, 4) is 0 Å². The minimum Gasteiger partial charge on any atom is -0.329 e. The molecule has 2 unspecified atom stereocenters. The Morgan fingerprint density at radius 1 is 1.35 bits per heavy atom. The van der Waals surface area contributed by atoms with Crippen molar-refractivity contribution in [2.75, 3.05) is 13.6 Å². The molecule has 1 aromatic rings. The molecule has 1 fully saturated rings. The van der Waals surface area contributed by atoms with Crippen molar-refractivity contribution in [3.63, 3.8) is 0 Å². The average molecular weight is 295 g/mol. The van der Waals surface area contributed by atoms with Crippen LogP contribution in [0, 0.1) is 5.92 Å². The van der Waals surface area contributed by atoms with Crippen molar-refractivity contribution >= 4 is 11.6 Å². The van der Waals surface area contributed by atoms with E-state index in [1.165, 1.54) is 37.7 Å². The van der Waals surface area contributed by atoms with Gasteiger partial charge >= 0.3 is 0 Å². The van der Waals surface area contributed by atoms with Crippen LogP contribution in [-0.4, -0.2) is 24.0 Å². The van der Waals surface area contributed by atoms with Crippen molar-refractivity contribution in [1.29, 1.82) is 0 Å². The molecule has 0 radical (unpaired) electrons. The fourth-order valence-electron chi connectivity index (χ4n) is 3.85. The number of halogens is 1. The van der Waals surface area contributed by atoms with Crippen molar-refractivity contribution < 1.29 is 0 Å². The molecule has 2 N–H and O–H groups in total. The summed E-state index contributed by atoms with van der Waals surface area (Å²) in [5.41, 5.74) is 7.57. The molecule has 2 rings (SSSR count). The van der Waals surface area contributed by atoms with Crippen molar-refractivity contribution in [2.24, 2.45) is 11.7 Å². The standard InChI is InChI=1S/C17H27ClN2/c1-3-15-9-6-7-11-17(15,13-19)20(2)12-14-8-4-5-10-16(14)18/h4-5,8,10,15H,3,6-7,9,11-13,19H2,1-2H3. The molecule has 3 heteroatoms. The maximum absolute atomic E-state index is 6.31. The lowest BCUT2D eigenvalue weighted by atomic mass is 9.70. The Kier molecular flexibility index (Phi) is 5.48. The summed E-state index contributed by atoms with van der Waals surface area (Å²) in [6, 6.07) is 8.13. The molecular weight excluding hydrogens is 268 g/mol. The molecule has 0 saturated heterocycles. The number of benzene rings is 1. The lowest BCUT2D eigenvalue weighted by Crippen LogP contribution is -2.58. The van der Waals surface area contributed by atoms with Gasteiger partial charge < -0.3 is 5.73 Å². The Bertz CT molecular complexity index is 435. The van der Waals surface area contributed by atoms with Crippen LogP contribution in [0.15, 0.2) is 24.3 Å². The third-order valence-corrected chi connectivity index (χ3v) is 5.51. The van der Waals surface area contributed by atoms with Gasteiger partial charge in [-0.2, -0.15) is 0 Å². The van der Waals surface area contributed by atoms with Gasteiger partial charge in [-0.1, -0.05) is 56.0 Å². The maximum atomic E-state index is 6.31. The molecule has 2 nitrogen and oxygen atoms in total. The van der Waals surface area contributed by atoms with Crippen LogP contribution in [0.1, 0.15) is 44.6 Å². The van der Waals surface area contributed by atoms with Crippen LogP contribution < -0.4 is 5.73 Å². The predicted molar refractivity (Wildman–Crippen MR) is 87.0 cm³/mol. The van der Waals surface area contributed by atoms with Crippen LogP contribution in [0.4, 0.5) is 0 Å². The first-order chi connectivity index (χ1) is 9.64. The predicted octanol–water partition coefficient (Wildman–Crippen LogP) is 4.07. The molecule has 0 spiro atoms. The van der Waals surface area contributed by atoms with E-state index in [0.29, 0.717) is 5.92 Å². The molecular formula is C17H27ClN2. The number of likely N-dealkylation sites (N-methyl/N-ethyl adjacent to an activating group) is 1. The third-order valence-electron chi connectivity index (χ3n) is 5.14. The number of nitrogens with two attached hydrogens (primary N) is 1. The lowest BCUT2D eigenvalue weighted by molar-refractivity contribution is 0.0177. The summed E-state index contributed by atoms with van der Waals surface area (Å²) >= 11 is 6.31. The highest BCUT2D eigenvalue weighted by atomic mass is 35.5. The van der Waals surface area contributed by atoms with Gasteiger partial charge in [-0.05, 0) is 37.4 Å². The SMILES string of the molecule is CCC1CCCCC1(CN)N(C)Cc1ccccc1Cl. The molecule has 1 aliphatic rings. The van der Waals surface area contributed by atoms with Gasteiger partial charge in [0, 0.05) is 23.7 Å². The van der Waals surface area contributed by atoms with Gasteiger partial charge in [0.25, 0.3) is 0 Å². The second-order valence-corrected chi connectivity index (χ2v) is 6.51. The molecule has 20 heavy (non-hydrogen) atoms. The van der Waals surface area contributed by atoms with Crippen molar-refractivity contribution in [1.82, 2.24) is 4.90 Å². The second-order valence-electron chi connectivity index (χ2n) is 6.11. The molecule has 0 aromatic heterocycles. The monoisotopic (exact) mass is 294 g/mol. The molecule has 1 aromatic carbocycles. The number of rotatable bonds is 5. The van der Waals surface area contributed by atoms with Gasteiger partial charge in [0.05, 0.1) is 0 Å². The first kappa shape index (κ1) is 15.8. The van der Waals surface area contributed by atoms with Crippen LogP contribution in [0.5, 0.6) is 0 Å². The van der Waals surface area contributed by atoms with Crippen molar-refractivity contribution in [2.45, 2.75) is 51.1 Å². The first-order valence-corrected chi connectivity index (χ1v) is 8.16. The minimum atomic E-state index is 0.145. The summed E-state index contributed by atoms with van der Waals surface area (Å²) in [4.78, 5) is 2.46. The average Bonchev–Trinajstić information content (AvgIpc) is 2.49. The van der Waals surface area contributed by atoms with Gasteiger partial charge in [0.1, 0.15) is 0 Å². The van der Waals surface area contributed by atoms with Gasteiger partial charge in [-0.25, -0.2) is 0 Å². The molecule has 0 bridgehead atoms. The van der Waals surface area contributed by atoms with E-state index in [2.05, 4.69) is 31.0 Å². The van der Waals surface area contributed by atoms with E-state index in [0.717, 1.165) is 18.1 Å². The van der Waals surface area contributed by atoms with E-state index in [4.69, 9.17) is 17.3 Å². The Balaban J connectivity index is 2.20. The summed E-state index contributed by atoms with van der Waals surface area (Å²) in [5.74, 6) is 0.703. The Morgan fingerprint density at radius 2 is 2.10 bits per heavy atom. The van der Waals surface area contributed by atoms with Gasteiger partial charge in [-0.3, -0.25) is 4.90 Å². The smallest absolute Gasteiger partial charge is 0.0451 e. The number of hydrogen-bond donors (Lipinski definition) is 1. The van der Waals surface area contributed by atoms with E-state index in [9.17, 15) is 0 Å². The van der Waals surface area contributed by atoms with Gasteiger partial charge in [-0.15, -0.1) is 0 Å². The van der Waals surface area contributed by atoms with Crippen molar-refractivity contribution in [3.05, 3.63) is 34.9 Å². The summed E-state index contributed by atoms with van der Waals surface area (Å²) in [7, 11) is 2.21. The summed E-state index contributed by atoms with van der Waals surface area (Å²) < 4.78 is 0. The second kappa shape index (κ2) is 6.93. The van der Waals surface area contributed by atoms with Gasteiger partial charge in [0.2, 0.25) is 0 Å². The molecule has 1 saturated carbocycles. The first-order valence-electron chi connectivity index (χ1n) is 7.78. The Morgan fingerprint density at radius 3 is 2.75 bits per heavy atom. The number of nitrogens with zero attached hydrogens (tertiary/aromatic N) is 1. The Labute approximate surface area is 128 Å². The van der Waals surface area contributed by atoms with Crippen LogP contribution in [0.2, 0.25) is 5.02 Å². The van der Waals surface area contributed by atoms with E-state index >= 15 is 0 Å². The van der Waals surface area contributed by atoms with E-state index in [1.807, 2.05) is 12.1 Å². The lowest BCUT2D eigenvalue weighted by Gasteiger charge is -2.50. The number of hydrogen-bond acceptors (Lipinski definition) is 2. The fourth-order valence-corrected chi connectivity index (χ4v) is 4.04. The summed E-state index contributed by atoms with van der Waals surface area (Å²) in [6.07, 6.45) is 6.37. The van der Waals surface area contributed by atoms with Crippen LogP contribution >= 0.6 is 11.6 Å². The molecule has 1 aliphatic carbocycles. The largest absolute Gasteiger partial charge is 0.329 e. The molecule has 0 amide bonds. The van der Waals surface area contributed by atoms with Crippen LogP contribution in [-0.2, 0) is 6.54 Å². The molecule has 0 aliphatic heterocycles. The summed E-state index contributed by atoms with van der Waals surface area (Å²) in [6.45, 7) is 3.92. The van der Waals surface area contributed by atoms with E-state index in [-0.39, 0.29) is 5.54 Å². The highest BCUT2D eigenvalue weighted by molar-refractivity contribution is 6.31. The van der Waals surface area contributed by atoms with Crippen LogP contribution in [0.3, 0.4) is 0 Å². The summed E-state index contributed by atoms with van der Waals surface area (Å²) in [5, 5.41) is 0.857. The zero-order chi connectivity index (χ0) is 14.6. The zero-order valence-electron chi connectivity index (χ0n) is 12.7. The highest BCUT2D eigenvalue weighted by Gasteiger charge is 2.41. The normalized spacial score (nSPS) is 26.9. The quantitative estimate of drug-likeness (QED) is 0.887. The molecule has 0 heterocycles. The molecule has 112 valence electrons. The highest BCUT2D eigenvalue weighted by Crippen LogP contribution is 2.40. The topological polar surface area (TPSA) is 29.3 Å². The Hall–Kier alpha value is -0.570. The molecule has 2 atom stereocenters. The maximum Gasteiger partial charge on any atom is 0.0451 e. The van der Waals surface area contributed by atoms with E-state index < -0.39 is 0 Å². The van der Waals surface area contributed by atoms with Gasteiger partial charge in [0.15, 0.2) is 0 Å².